The molecule has 3 heterocycles. The molecule has 2 N–H and O–H groups in total. The number of nitrogens with zero attached hydrogens (tertiary/aromatic N) is 3. The van der Waals surface area contributed by atoms with Gasteiger partial charge >= 0.3 is 5.69 Å². The number of benzene rings is 1. The van der Waals surface area contributed by atoms with Crippen LogP contribution in [0.1, 0.15) is 36.2 Å². The van der Waals surface area contributed by atoms with Crippen LogP contribution in [-0.2, 0) is 6.54 Å². The molecule has 0 saturated carbocycles. The Hall–Kier alpha value is -2.81. The normalized spacial score (nSPS) is 17.9. The predicted octanol–water partition coefficient (Wildman–Crippen LogP) is 2.68. The zero-order valence-corrected chi connectivity index (χ0v) is 14.1. The summed E-state index contributed by atoms with van der Waals surface area (Å²) in [6.07, 6.45) is 1.82. The van der Waals surface area contributed by atoms with E-state index in [1.54, 1.807) is 6.92 Å². The maximum atomic E-state index is 14.0. The van der Waals surface area contributed by atoms with E-state index in [4.69, 9.17) is 4.42 Å². The second kappa shape index (κ2) is 6.49. The number of aromatic amines is 2. The average molecular weight is 361 g/mol. The molecule has 1 aliphatic rings. The molecule has 1 fully saturated rings. The first kappa shape index (κ1) is 16.6. The summed E-state index contributed by atoms with van der Waals surface area (Å²) >= 11 is 0. The fourth-order valence-electron chi connectivity index (χ4n) is 3.31. The minimum Gasteiger partial charge on any atom is -0.441 e. The van der Waals surface area contributed by atoms with Crippen molar-refractivity contribution < 1.29 is 13.2 Å². The van der Waals surface area contributed by atoms with Gasteiger partial charge in [-0.1, -0.05) is 0 Å². The number of nitrogens with one attached hydrogen (secondary N) is 2. The minimum absolute atomic E-state index is 0.00560. The van der Waals surface area contributed by atoms with Crippen LogP contribution in [0, 0.1) is 18.6 Å². The van der Waals surface area contributed by atoms with Gasteiger partial charge in [-0.15, -0.1) is 0 Å². The summed E-state index contributed by atoms with van der Waals surface area (Å²) in [6.45, 7) is 3.02. The van der Waals surface area contributed by atoms with E-state index in [1.807, 2.05) is 0 Å². The van der Waals surface area contributed by atoms with Crippen molar-refractivity contribution in [3.8, 4) is 11.5 Å². The summed E-state index contributed by atoms with van der Waals surface area (Å²) in [7, 11) is 0. The fraction of sp³-hybridized carbons (Fsp3) is 0.353. The molecule has 136 valence electrons. The van der Waals surface area contributed by atoms with Gasteiger partial charge in [0.1, 0.15) is 23.2 Å². The van der Waals surface area contributed by atoms with E-state index in [1.165, 1.54) is 0 Å². The molecule has 0 spiro atoms. The molecule has 9 heteroatoms. The van der Waals surface area contributed by atoms with E-state index < -0.39 is 11.6 Å². The molecule has 1 aromatic carbocycles. The largest absolute Gasteiger partial charge is 0.441 e. The van der Waals surface area contributed by atoms with Gasteiger partial charge in [0.25, 0.3) is 0 Å². The van der Waals surface area contributed by atoms with Crippen molar-refractivity contribution in [2.75, 3.05) is 6.54 Å². The van der Waals surface area contributed by atoms with Gasteiger partial charge in [-0.05, 0) is 44.5 Å². The van der Waals surface area contributed by atoms with Gasteiger partial charge in [0.15, 0.2) is 0 Å². The third-order valence-corrected chi connectivity index (χ3v) is 4.60. The molecular weight excluding hydrogens is 344 g/mol. The van der Waals surface area contributed by atoms with Gasteiger partial charge in [-0.3, -0.25) is 9.88 Å². The van der Waals surface area contributed by atoms with Crippen molar-refractivity contribution in [2.45, 2.75) is 32.4 Å². The molecule has 0 bridgehead atoms. The summed E-state index contributed by atoms with van der Waals surface area (Å²) < 4.78 is 33.0. The molecule has 26 heavy (non-hydrogen) atoms. The maximum absolute atomic E-state index is 14.0. The quantitative estimate of drug-likeness (QED) is 0.746. The number of halogens is 2. The molecule has 1 atom stereocenters. The number of oxazole rings is 1. The number of aryl methyl sites for hydroxylation is 1. The van der Waals surface area contributed by atoms with Gasteiger partial charge in [0.2, 0.25) is 5.89 Å². The Morgan fingerprint density at radius 3 is 3.00 bits per heavy atom. The molecule has 0 aliphatic carbocycles. The number of aromatic nitrogens is 4. The molecule has 2 aromatic heterocycles. The second-order valence-electron chi connectivity index (χ2n) is 6.34. The number of rotatable bonds is 4. The lowest BCUT2D eigenvalue weighted by Crippen LogP contribution is -2.24. The van der Waals surface area contributed by atoms with Crippen LogP contribution in [0.4, 0.5) is 8.78 Å². The van der Waals surface area contributed by atoms with E-state index in [-0.39, 0.29) is 23.2 Å². The topological polar surface area (TPSA) is 90.8 Å². The third kappa shape index (κ3) is 3.05. The van der Waals surface area contributed by atoms with Crippen molar-refractivity contribution >= 4 is 0 Å². The molecule has 1 aliphatic heterocycles. The van der Waals surface area contributed by atoms with Crippen molar-refractivity contribution in [3.63, 3.8) is 0 Å². The number of likely N-dealkylation sites (tertiary alicyclic amines) is 1. The zero-order chi connectivity index (χ0) is 18.3. The Balaban J connectivity index is 1.60. The van der Waals surface area contributed by atoms with E-state index in [0.717, 1.165) is 37.6 Å². The molecule has 4 rings (SSSR count). The van der Waals surface area contributed by atoms with Crippen molar-refractivity contribution in [2.24, 2.45) is 0 Å². The monoisotopic (exact) mass is 361 g/mol. The Kier molecular flexibility index (Phi) is 4.15. The minimum atomic E-state index is -0.590. The van der Waals surface area contributed by atoms with Gasteiger partial charge in [0.05, 0.1) is 17.3 Å². The molecule has 7 nitrogen and oxygen atoms in total. The lowest BCUT2D eigenvalue weighted by molar-refractivity contribution is 0.236. The highest BCUT2D eigenvalue weighted by Crippen LogP contribution is 2.32. The third-order valence-electron chi connectivity index (χ3n) is 4.60. The standard InChI is InChI=1S/C17H17F2N5O2/c1-9-13(20-16(26-9)11-7-10(18)4-5-12(11)19)8-24-6-2-3-14(24)15-21-17(25)23-22-15/h4-5,7,14H,2-3,6,8H2,1H3,(H2,21,22,23,25). The van der Waals surface area contributed by atoms with E-state index in [9.17, 15) is 13.6 Å². The fourth-order valence-corrected chi connectivity index (χ4v) is 3.31. The highest BCUT2D eigenvalue weighted by Gasteiger charge is 2.30. The molecule has 1 unspecified atom stereocenters. The van der Waals surface area contributed by atoms with Crippen LogP contribution in [-0.4, -0.2) is 31.6 Å². The lowest BCUT2D eigenvalue weighted by Gasteiger charge is -2.21. The van der Waals surface area contributed by atoms with Crippen molar-refractivity contribution in [3.05, 3.63) is 57.6 Å². The predicted molar refractivity (Wildman–Crippen MR) is 88.2 cm³/mol. The molecule has 0 radical (unpaired) electrons. The highest BCUT2D eigenvalue weighted by atomic mass is 19.1. The summed E-state index contributed by atoms with van der Waals surface area (Å²) in [5.74, 6) is 0.0431. The van der Waals surface area contributed by atoms with E-state index in [2.05, 4.69) is 25.1 Å². The van der Waals surface area contributed by atoms with Crippen molar-refractivity contribution in [1.29, 1.82) is 0 Å². The average Bonchev–Trinajstić information content (AvgIpc) is 3.31. The lowest BCUT2D eigenvalue weighted by atomic mass is 10.2. The van der Waals surface area contributed by atoms with Gasteiger partial charge in [-0.2, -0.15) is 5.10 Å². The number of hydrogen-bond donors (Lipinski definition) is 2. The molecule has 3 aromatic rings. The first-order valence-electron chi connectivity index (χ1n) is 8.31. The number of H-pyrrole nitrogens is 2. The van der Waals surface area contributed by atoms with Gasteiger partial charge in [-0.25, -0.2) is 23.7 Å². The van der Waals surface area contributed by atoms with Gasteiger partial charge < -0.3 is 4.42 Å². The van der Waals surface area contributed by atoms with Crippen LogP contribution in [0.5, 0.6) is 0 Å². The van der Waals surface area contributed by atoms with Crippen LogP contribution >= 0.6 is 0 Å². The Morgan fingerprint density at radius 1 is 1.38 bits per heavy atom. The van der Waals surface area contributed by atoms with Crippen LogP contribution in [0.25, 0.3) is 11.5 Å². The smallest absolute Gasteiger partial charge is 0.340 e. The first-order valence-corrected chi connectivity index (χ1v) is 8.31. The zero-order valence-electron chi connectivity index (χ0n) is 14.1. The second-order valence-corrected chi connectivity index (χ2v) is 6.34. The Labute approximate surface area is 147 Å². The van der Waals surface area contributed by atoms with E-state index >= 15 is 0 Å². The number of hydrogen-bond acceptors (Lipinski definition) is 5. The summed E-state index contributed by atoms with van der Waals surface area (Å²) in [6, 6.07) is 3.14. The molecule has 0 amide bonds. The molecular formula is C17H17F2N5O2. The van der Waals surface area contributed by atoms with Crippen LogP contribution in [0.2, 0.25) is 0 Å². The summed E-state index contributed by atoms with van der Waals surface area (Å²) in [4.78, 5) is 20.5. The van der Waals surface area contributed by atoms with Gasteiger partial charge in [0, 0.05) is 6.54 Å². The molecule has 1 saturated heterocycles. The summed E-state index contributed by atoms with van der Waals surface area (Å²) in [5.41, 5.74) is 0.302. The SMILES string of the molecule is Cc1oc(-c2cc(F)ccc2F)nc1CN1CCCC1c1n[nH]c(=O)[nH]1. The Morgan fingerprint density at radius 2 is 2.23 bits per heavy atom. The van der Waals surface area contributed by atoms with Crippen molar-refractivity contribution in [1.82, 2.24) is 25.1 Å². The van der Waals surface area contributed by atoms with Crippen LogP contribution in [0.15, 0.2) is 27.4 Å². The van der Waals surface area contributed by atoms with Crippen LogP contribution < -0.4 is 5.69 Å². The first-order chi connectivity index (χ1) is 12.5. The van der Waals surface area contributed by atoms with E-state index in [0.29, 0.717) is 23.8 Å². The summed E-state index contributed by atoms with van der Waals surface area (Å²) in [5, 5.41) is 6.40. The Bertz CT molecular complexity index is 993. The highest BCUT2D eigenvalue weighted by molar-refractivity contribution is 5.54. The van der Waals surface area contributed by atoms with Crippen LogP contribution in [0.3, 0.4) is 0 Å². The maximum Gasteiger partial charge on any atom is 0.340 e.